The summed E-state index contributed by atoms with van der Waals surface area (Å²) in [6.07, 6.45) is 0.488. The standard InChI is InChI=1S/C12H18FNO2/c1-2-7-14-8-11(15)9-16-12-5-3-10(13)4-6-12/h3-6,11,14-15H,2,7-9H2,1H3. The van der Waals surface area contributed by atoms with Gasteiger partial charge in [0.2, 0.25) is 0 Å². The summed E-state index contributed by atoms with van der Waals surface area (Å²) in [5.41, 5.74) is 0. The van der Waals surface area contributed by atoms with Crippen molar-refractivity contribution in [3.8, 4) is 5.75 Å². The Morgan fingerprint density at radius 1 is 1.38 bits per heavy atom. The van der Waals surface area contributed by atoms with Crippen LogP contribution in [0.2, 0.25) is 0 Å². The fourth-order valence-electron chi connectivity index (χ4n) is 1.23. The van der Waals surface area contributed by atoms with Gasteiger partial charge in [-0.15, -0.1) is 0 Å². The maximum absolute atomic E-state index is 12.6. The van der Waals surface area contributed by atoms with E-state index < -0.39 is 6.10 Å². The number of aliphatic hydroxyl groups is 1. The first-order valence-electron chi connectivity index (χ1n) is 5.49. The van der Waals surface area contributed by atoms with E-state index in [0.717, 1.165) is 13.0 Å². The molecule has 0 heterocycles. The van der Waals surface area contributed by atoms with Crippen molar-refractivity contribution in [3.63, 3.8) is 0 Å². The molecule has 0 radical (unpaired) electrons. The van der Waals surface area contributed by atoms with Crippen LogP contribution < -0.4 is 10.1 Å². The van der Waals surface area contributed by atoms with E-state index in [1.54, 1.807) is 12.1 Å². The summed E-state index contributed by atoms with van der Waals surface area (Å²) in [5.74, 6) is 0.272. The minimum atomic E-state index is -0.545. The second kappa shape index (κ2) is 7.19. The van der Waals surface area contributed by atoms with Crippen LogP contribution >= 0.6 is 0 Å². The lowest BCUT2D eigenvalue weighted by Gasteiger charge is -2.12. The number of hydrogen-bond donors (Lipinski definition) is 2. The van der Waals surface area contributed by atoms with Crippen molar-refractivity contribution in [2.24, 2.45) is 0 Å². The zero-order valence-corrected chi connectivity index (χ0v) is 9.45. The average Bonchev–Trinajstić information content (AvgIpc) is 2.29. The molecular formula is C12H18FNO2. The molecule has 0 aromatic heterocycles. The third-order valence-corrected chi connectivity index (χ3v) is 2.06. The van der Waals surface area contributed by atoms with Gasteiger partial charge in [-0.25, -0.2) is 4.39 Å². The molecule has 0 saturated heterocycles. The van der Waals surface area contributed by atoms with Crippen LogP contribution in [-0.4, -0.2) is 30.9 Å². The summed E-state index contributed by atoms with van der Waals surface area (Å²) >= 11 is 0. The molecule has 3 nitrogen and oxygen atoms in total. The average molecular weight is 227 g/mol. The van der Waals surface area contributed by atoms with Gasteiger partial charge in [0.15, 0.2) is 0 Å². The van der Waals surface area contributed by atoms with E-state index in [-0.39, 0.29) is 12.4 Å². The summed E-state index contributed by atoms with van der Waals surface area (Å²) in [5, 5.41) is 12.6. The highest BCUT2D eigenvalue weighted by Crippen LogP contribution is 2.10. The van der Waals surface area contributed by atoms with Gasteiger partial charge in [0.05, 0.1) is 0 Å². The molecule has 1 unspecified atom stereocenters. The van der Waals surface area contributed by atoms with E-state index >= 15 is 0 Å². The lowest BCUT2D eigenvalue weighted by atomic mass is 10.3. The van der Waals surface area contributed by atoms with Gasteiger partial charge in [0.1, 0.15) is 24.3 Å². The summed E-state index contributed by atoms with van der Waals surface area (Å²) in [6, 6.07) is 5.75. The Balaban J connectivity index is 2.20. The highest BCUT2D eigenvalue weighted by molar-refractivity contribution is 5.22. The number of aliphatic hydroxyl groups excluding tert-OH is 1. The zero-order valence-electron chi connectivity index (χ0n) is 9.45. The van der Waals surface area contributed by atoms with E-state index in [2.05, 4.69) is 12.2 Å². The van der Waals surface area contributed by atoms with E-state index in [0.29, 0.717) is 12.3 Å². The fraction of sp³-hybridized carbons (Fsp3) is 0.500. The zero-order chi connectivity index (χ0) is 11.8. The third-order valence-electron chi connectivity index (χ3n) is 2.06. The van der Waals surface area contributed by atoms with Crippen LogP contribution in [0, 0.1) is 5.82 Å². The molecular weight excluding hydrogens is 209 g/mol. The molecule has 0 fully saturated rings. The summed E-state index contributed by atoms with van der Waals surface area (Å²) in [4.78, 5) is 0. The van der Waals surface area contributed by atoms with Gasteiger partial charge >= 0.3 is 0 Å². The minimum Gasteiger partial charge on any atom is -0.491 e. The van der Waals surface area contributed by atoms with Crippen LogP contribution in [0.4, 0.5) is 4.39 Å². The highest BCUT2D eigenvalue weighted by atomic mass is 19.1. The molecule has 1 aromatic carbocycles. The van der Waals surface area contributed by atoms with Crippen LogP contribution in [-0.2, 0) is 0 Å². The molecule has 0 bridgehead atoms. The van der Waals surface area contributed by atoms with Crippen LogP contribution in [0.3, 0.4) is 0 Å². The molecule has 1 aromatic rings. The van der Waals surface area contributed by atoms with Crippen molar-refractivity contribution in [2.75, 3.05) is 19.7 Å². The van der Waals surface area contributed by atoms with E-state index in [4.69, 9.17) is 4.74 Å². The third kappa shape index (κ3) is 5.09. The van der Waals surface area contributed by atoms with Gasteiger partial charge in [0, 0.05) is 6.54 Å². The lowest BCUT2D eigenvalue weighted by Crippen LogP contribution is -2.31. The number of ether oxygens (including phenoxy) is 1. The van der Waals surface area contributed by atoms with Crippen LogP contribution in [0.5, 0.6) is 5.75 Å². The number of benzene rings is 1. The van der Waals surface area contributed by atoms with Gasteiger partial charge in [-0.05, 0) is 37.2 Å². The summed E-state index contributed by atoms with van der Waals surface area (Å²) in [6.45, 7) is 3.67. The van der Waals surface area contributed by atoms with Gasteiger partial charge in [-0.1, -0.05) is 6.92 Å². The van der Waals surface area contributed by atoms with E-state index in [1.165, 1.54) is 12.1 Å². The smallest absolute Gasteiger partial charge is 0.123 e. The van der Waals surface area contributed by atoms with Gasteiger partial charge in [-0.3, -0.25) is 0 Å². The first-order valence-corrected chi connectivity index (χ1v) is 5.49. The molecule has 16 heavy (non-hydrogen) atoms. The molecule has 0 aliphatic heterocycles. The maximum Gasteiger partial charge on any atom is 0.123 e. The molecule has 0 spiro atoms. The summed E-state index contributed by atoms with van der Waals surface area (Å²) < 4.78 is 17.9. The molecule has 0 aliphatic rings. The lowest BCUT2D eigenvalue weighted by molar-refractivity contribution is 0.106. The highest BCUT2D eigenvalue weighted by Gasteiger charge is 2.04. The molecule has 0 amide bonds. The van der Waals surface area contributed by atoms with Gasteiger partial charge in [0.25, 0.3) is 0 Å². The van der Waals surface area contributed by atoms with Crippen molar-refractivity contribution in [1.82, 2.24) is 5.32 Å². The fourth-order valence-corrected chi connectivity index (χ4v) is 1.23. The van der Waals surface area contributed by atoms with Crippen LogP contribution in [0.1, 0.15) is 13.3 Å². The summed E-state index contributed by atoms with van der Waals surface area (Å²) in [7, 11) is 0. The van der Waals surface area contributed by atoms with Crippen molar-refractivity contribution in [1.29, 1.82) is 0 Å². The molecule has 1 rings (SSSR count). The van der Waals surface area contributed by atoms with Crippen molar-refractivity contribution >= 4 is 0 Å². The van der Waals surface area contributed by atoms with Crippen molar-refractivity contribution in [2.45, 2.75) is 19.4 Å². The van der Waals surface area contributed by atoms with Crippen LogP contribution in [0.25, 0.3) is 0 Å². The molecule has 90 valence electrons. The number of hydrogen-bond acceptors (Lipinski definition) is 3. The Morgan fingerprint density at radius 2 is 2.06 bits per heavy atom. The van der Waals surface area contributed by atoms with Gasteiger partial charge in [-0.2, -0.15) is 0 Å². The number of halogens is 1. The maximum atomic E-state index is 12.6. The molecule has 0 saturated carbocycles. The molecule has 1 atom stereocenters. The quantitative estimate of drug-likeness (QED) is 0.695. The molecule has 2 N–H and O–H groups in total. The first kappa shape index (κ1) is 12.9. The van der Waals surface area contributed by atoms with Gasteiger partial charge < -0.3 is 15.2 Å². The Kier molecular flexibility index (Phi) is 5.82. The molecule has 4 heteroatoms. The topological polar surface area (TPSA) is 41.5 Å². The van der Waals surface area contributed by atoms with Crippen molar-refractivity contribution in [3.05, 3.63) is 30.1 Å². The Labute approximate surface area is 95.2 Å². The predicted octanol–water partition coefficient (Wildman–Crippen LogP) is 1.56. The second-order valence-corrected chi connectivity index (χ2v) is 3.62. The Bertz CT molecular complexity index is 290. The SMILES string of the molecule is CCCNCC(O)COc1ccc(F)cc1. The first-order chi connectivity index (χ1) is 7.72. The normalized spacial score (nSPS) is 12.4. The Morgan fingerprint density at radius 3 is 2.69 bits per heavy atom. The Hall–Kier alpha value is -1.13. The predicted molar refractivity (Wildman–Crippen MR) is 61.1 cm³/mol. The number of nitrogens with one attached hydrogen (secondary N) is 1. The minimum absolute atomic E-state index is 0.211. The largest absolute Gasteiger partial charge is 0.491 e. The van der Waals surface area contributed by atoms with Crippen LogP contribution in [0.15, 0.2) is 24.3 Å². The monoisotopic (exact) mass is 227 g/mol. The van der Waals surface area contributed by atoms with E-state index in [1.807, 2.05) is 0 Å². The van der Waals surface area contributed by atoms with Crippen molar-refractivity contribution < 1.29 is 14.2 Å². The second-order valence-electron chi connectivity index (χ2n) is 3.62. The number of rotatable bonds is 7. The van der Waals surface area contributed by atoms with E-state index in [9.17, 15) is 9.50 Å². The molecule has 0 aliphatic carbocycles.